The van der Waals surface area contributed by atoms with Gasteiger partial charge in [0, 0.05) is 11.1 Å². The maximum Gasteiger partial charge on any atom is 0.214 e. The van der Waals surface area contributed by atoms with E-state index >= 15 is 0 Å². The molecule has 0 saturated carbocycles. The van der Waals surface area contributed by atoms with Crippen molar-refractivity contribution in [2.45, 2.75) is 32.3 Å². The SMILES string of the molecule is CCCCC1OC(=N)c2ccccc21. The average Bonchev–Trinajstić information content (AvgIpc) is 2.54. The Balaban J connectivity index is 2.21. The lowest BCUT2D eigenvalue weighted by Gasteiger charge is -2.09. The van der Waals surface area contributed by atoms with Crippen molar-refractivity contribution in [2.24, 2.45) is 0 Å². The number of benzene rings is 1. The number of hydrogen-bond acceptors (Lipinski definition) is 2. The summed E-state index contributed by atoms with van der Waals surface area (Å²) in [6.07, 6.45) is 3.48. The van der Waals surface area contributed by atoms with E-state index in [2.05, 4.69) is 13.0 Å². The van der Waals surface area contributed by atoms with Gasteiger partial charge in [0.1, 0.15) is 6.10 Å². The van der Waals surface area contributed by atoms with Crippen LogP contribution in [0.5, 0.6) is 0 Å². The minimum atomic E-state index is 0.124. The summed E-state index contributed by atoms with van der Waals surface area (Å²) >= 11 is 0. The van der Waals surface area contributed by atoms with Gasteiger partial charge in [-0.1, -0.05) is 31.5 Å². The van der Waals surface area contributed by atoms with Gasteiger partial charge in [0.15, 0.2) is 0 Å². The highest BCUT2D eigenvalue weighted by Gasteiger charge is 2.26. The van der Waals surface area contributed by atoms with Crippen molar-refractivity contribution < 1.29 is 4.74 Å². The molecule has 1 atom stereocenters. The normalized spacial score (nSPS) is 19.2. The van der Waals surface area contributed by atoms with E-state index in [-0.39, 0.29) is 6.10 Å². The summed E-state index contributed by atoms with van der Waals surface area (Å²) in [5, 5.41) is 7.67. The third-order valence-electron chi connectivity index (χ3n) is 2.63. The zero-order valence-electron chi connectivity index (χ0n) is 8.42. The Hall–Kier alpha value is -1.31. The third-order valence-corrected chi connectivity index (χ3v) is 2.63. The lowest BCUT2D eigenvalue weighted by atomic mass is 10.0. The molecule has 74 valence electrons. The minimum Gasteiger partial charge on any atom is -0.469 e. The van der Waals surface area contributed by atoms with Crippen LogP contribution >= 0.6 is 0 Å². The Kier molecular flexibility index (Phi) is 2.53. The maximum atomic E-state index is 7.67. The molecule has 1 unspecified atom stereocenters. The van der Waals surface area contributed by atoms with Crippen LogP contribution in [-0.2, 0) is 4.74 Å². The van der Waals surface area contributed by atoms with Crippen molar-refractivity contribution in [3.05, 3.63) is 35.4 Å². The van der Waals surface area contributed by atoms with Gasteiger partial charge in [-0.25, -0.2) is 0 Å². The maximum absolute atomic E-state index is 7.67. The summed E-state index contributed by atoms with van der Waals surface area (Å²) < 4.78 is 5.52. The molecule has 1 aromatic rings. The van der Waals surface area contributed by atoms with Crippen molar-refractivity contribution in [1.29, 1.82) is 5.41 Å². The van der Waals surface area contributed by atoms with Gasteiger partial charge >= 0.3 is 0 Å². The summed E-state index contributed by atoms with van der Waals surface area (Å²) in [4.78, 5) is 0. The fraction of sp³-hybridized carbons (Fsp3) is 0.417. The van der Waals surface area contributed by atoms with E-state index in [4.69, 9.17) is 10.1 Å². The van der Waals surface area contributed by atoms with Gasteiger partial charge in [0.2, 0.25) is 5.90 Å². The van der Waals surface area contributed by atoms with E-state index in [1.165, 1.54) is 12.0 Å². The molecule has 1 aliphatic heterocycles. The van der Waals surface area contributed by atoms with E-state index in [1.54, 1.807) is 0 Å². The predicted octanol–water partition coefficient (Wildman–Crippen LogP) is 3.27. The molecule has 0 amide bonds. The van der Waals surface area contributed by atoms with Crippen molar-refractivity contribution in [1.82, 2.24) is 0 Å². The lowest BCUT2D eigenvalue weighted by Crippen LogP contribution is -1.98. The lowest BCUT2D eigenvalue weighted by molar-refractivity contribution is 0.193. The molecule has 0 fully saturated rings. The Morgan fingerprint density at radius 3 is 2.93 bits per heavy atom. The minimum absolute atomic E-state index is 0.124. The monoisotopic (exact) mass is 189 g/mol. The van der Waals surface area contributed by atoms with Crippen LogP contribution in [0.4, 0.5) is 0 Å². The molecule has 0 aromatic heterocycles. The van der Waals surface area contributed by atoms with Crippen molar-refractivity contribution in [3.63, 3.8) is 0 Å². The molecule has 0 bridgehead atoms. The van der Waals surface area contributed by atoms with E-state index < -0.39 is 0 Å². The summed E-state index contributed by atoms with van der Waals surface area (Å²) in [5.74, 6) is 0.335. The number of rotatable bonds is 3. The van der Waals surface area contributed by atoms with Crippen LogP contribution in [0.25, 0.3) is 0 Å². The van der Waals surface area contributed by atoms with Gasteiger partial charge in [0.05, 0.1) is 0 Å². The first kappa shape index (κ1) is 9.25. The molecule has 0 radical (unpaired) electrons. The zero-order valence-corrected chi connectivity index (χ0v) is 8.42. The predicted molar refractivity (Wildman–Crippen MR) is 56.6 cm³/mol. The van der Waals surface area contributed by atoms with Gasteiger partial charge in [-0.2, -0.15) is 0 Å². The molecule has 1 aliphatic rings. The molecule has 14 heavy (non-hydrogen) atoms. The second-order valence-corrected chi connectivity index (χ2v) is 3.67. The number of fused-ring (bicyclic) bond motifs is 1. The molecule has 2 heteroatoms. The Labute approximate surface area is 84.4 Å². The van der Waals surface area contributed by atoms with Gasteiger partial charge in [-0.05, 0) is 18.9 Å². The van der Waals surface area contributed by atoms with Gasteiger partial charge < -0.3 is 4.74 Å². The largest absolute Gasteiger partial charge is 0.469 e. The average molecular weight is 189 g/mol. The summed E-state index contributed by atoms with van der Waals surface area (Å²) in [6, 6.07) is 8.00. The van der Waals surface area contributed by atoms with E-state index in [0.717, 1.165) is 18.4 Å². The third kappa shape index (κ3) is 1.52. The van der Waals surface area contributed by atoms with Gasteiger partial charge in [-0.3, -0.25) is 5.41 Å². The first-order valence-electron chi connectivity index (χ1n) is 5.17. The highest BCUT2D eigenvalue weighted by molar-refractivity contribution is 5.95. The second kappa shape index (κ2) is 3.82. The molecular formula is C12H15NO. The van der Waals surface area contributed by atoms with Crippen molar-refractivity contribution >= 4 is 5.90 Å². The smallest absolute Gasteiger partial charge is 0.214 e. The molecule has 0 aliphatic carbocycles. The first-order chi connectivity index (χ1) is 6.83. The molecule has 1 N–H and O–H groups in total. The fourth-order valence-corrected chi connectivity index (χ4v) is 1.86. The molecule has 2 nitrogen and oxygen atoms in total. The molecule has 0 saturated heterocycles. The summed E-state index contributed by atoms with van der Waals surface area (Å²) in [6.45, 7) is 2.17. The first-order valence-corrected chi connectivity index (χ1v) is 5.17. The molecular weight excluding hydrogens is 174 g/mol. The van der Waals surface area contributed by atoms with Crippen LogP contribution in [0.15, 0.2) is 24.3 Å². The van der Waals surface area contributed by atoms with E-state index in [9.17, 15) is 0 Å². The van der Waals surface area contributed by atoms with Crippen molar-refractivity contribution in [2.75, 3.05) is 0 Å². The van der Waals surface area contributed by atoms with Gasteiger partial charge in [0.25, 0.3) is 0 Å². The van der Waals surface area contributed by atoms with Crippen LogP contribution in [0, 0.1) is 5.41 Å². The van der Waals surface area contributed by atoms with Crippen LogP contribution in [0.1, 0.15) is 43.4 Å². The number of unbranched alkanes of at least 4 members (excludes halogenated alkanes) is 1. The highest BCUT2D eigenvalue weighted by Crippen LogP contribution is 2.33. The van der Waals surface area contributed by atoms with Gasteiger partial charge in [-0.15, -0.1) is 0 Å². The van der Waals surface area contributed by atoms with E-state index in [1.807, 2.05) is 18.2 Å². The Morgan fingerprint density at radius 2 is 2.14 bits per heavy atom. The molecule has 0 spiro atoms. The number of hydrogen-bond donors (Lipinski definition) is 1. The van der Waals surface area contributed by atoms with E-state index in [0.29, 0.717) is 5.90 Å². The summed E-state index contributed by atoms with van der Waals surface area (Å²) in [5.41, 5.74) is 2.15. The molecule has 2 rings (SSSR count). The van der Waals surface area contributed by atoms with Crippen LogP contribution in [0.2, 0.25) is 0 Å². The topological polar surface area (TPSA) is 33.1 Å². The Morgan fingerprint density at radius 1 is 1.36 bits per heavy atom. The zero-order chi connectivity index (χ0) is 9.97. The second-order valence-electron chi connectivity index (χ2n) is 3.67. The highest BCUT2D eigenvalue weighted by atomic mass is 16.5. The fourth-order valence-electron chi connectivity index (χ4n) is 1.86. The molecule has 1 heterocycles. The standard InChI is InChI=1S/C12H15NO/c1-2-3-8-11-9-6-4-5-7-10(9)12(13)14-11/h4-7,11,13H,2-3,8H2,1H3. The van der Waals surface area contributed by atoms with Crippen LogP contribution in [-0.4, -0.2) is 5.90 Å². The molecule has 1 aromatic carbocycles. The van der Waals surface area contributed by atoms with Crippen molar-refractivity contribution in [3.8, 4) is 0 Å². The number of nitrogens with one attached hydrogen (secondary N) is 1. The van der Waals surface area contributed by atoms with Crippen LogP contribution < -0.4 is 0 Å². The van der Waals surface area contributed by atoms with Crippen LogP contribution in [0.3, 0.4) is 0 Å². The quantitative estimate of drug-likeness (QED) is 0.777. The summed E-state index contributed by atoms with van der Waals surface area (Å²) in [7, 11) is 0. The Bertz CT molecular complexity index is 346. The number of ether oxygens (including phenoxy) is 1.